The van der Waals surface area contributed by atoms with E-state index in [1.165, 1.54) is 12.4 Å². The molecule has 0 unspecified atom stereocenters. The van der Waals surface area contributed by atoms with Crippen molar-refractivity contribution in [1.29, 1.82) is 0 Å². The van der Waals surface area contributed by atoms with Crippen LogP contribution < -0.4 is 10.5 Å². The number of pyridine rings is 1. The number of carbonyl (C=O) groups is 2. The van der Waals surface area contributed by atoms with Crippen molar-refractivity contribution in [3.63, 3.8) is 0 Å². The lowest BCUT2D eigenvalue weighted by Crippen LogP contribution is -2.40. The van der Waals surface area contributed by atoms with Crippen LogP contribution in [0.3, 0.4) is 0 Å². The van der Waals surface area contributed by atoms with Crippen molar-refractivity contribution in [3.8, 4) is 28.6 Å². The van der Waals surface area contributed by atoms with E-state index in [0.717, 1.165) is 12.8 Å². The standard InChI is InChI=1S/C21H20N4O4/c1-3-21(4-2)9-16(26)15-8-12(5-6-17(15)28-21)20-24-19(25-29-20)14-7-13(18(22)27)10-23-11-14/h5-8,10-11H,3-4,9H2,1-2H3,(H2,22,27). The molecule has 8 heteroatoms. The van der Waals surface area contributed by atoms with Gasteiger partial charge in [0.1, 0.15) is 11.4 Å². The zero-order valence-corrected chi connectivity index (χ0v) is 16.1. The van der Waals surface area contributed by atoms with Gasteiger partial charge in [0.2, 0.25) is 11.7 Å². The Bertz CT molecular complexity index is 1100. The van der Waals surface area contributed by atoms with Crippen molar-refractivity contribution in [2.45, 2.75) is 38.7 Å². The number of ketones is 1. The highest BCUT2D eigenvalue weighted by Gasteiger charge is 2.37. The summed E-state index contributed by atoms with van der Waals surface area (Å²) in [5, 5.41) is 3.95. The second kappa shape index (κ2) is 7.12. The van der Waals surface area contributed by atoms with E-state index >= 15 is 0 Å². The Labute approximate surface area is 167 Å². The van der Waals surface area contributed by atoms with E-state index in [-0.39, 0.29) is 23.1 Å². The fraction of sp³-hybridized carbons (Fsp3) is 0.286. The summed E-state index contributed by atoms with van der Waals surface area (Å²) in [5.41, 5.74) is 6.72. The smallest absolute Gasteiger partial charge is 0.258 e. The number of rotatable bonds is 5. The quantitative estimate of drug-likeness (QED) is 0.706. The first kappa shape index (κ1) is 18.8. The molecule has 2 N–H and O–H groups in total. The highest BCUT2D eigenvalue weighted by Crippen LogP contribution is 2.38. The topological polar surface area (TPSA) is 121 Å². The molecule has 0 saturated heterocycles. The highest BCUT2D eigenvalue weighted by molar-refractivity contribution is 6.01. The van der Waals surface area contributed by atoms with Crippen molar-refractivity contribution >= 4 is 11.7 Å². The maximum Gasteiger partial charge on any atom is 0.258 e. The fourth-order valence-electron chi connectivity index (χ4n) is 3.43. The first-order chi connectivity index (χ1) is 13.9. The summed E-state index contributed by atoms with van der Waals surface area (Å²) in [5.74, 6) is 0.544. The number of fused-ring (bicyclic) bond motifs is 1. The van der Waals surface area contributed by atoms with E-state index in [0.29, 0.717) is 28.9 Å². The molecule has 3 aromatic rings. The number of hydrogen-bond donors (Lipinski definition) is 1. The van der Waals surface area contributed by atoms with Crippen LogP contribution in [0.15, 0.2) is 41.2 Å². The summed E-state index contributed by atoms with van der Waals surface area (Å²) in [4.78, 5) is 32.4. The van der Waals surface area contributed by atoms with Gasteiger partial charge in [0.05, 0.1) is 17.5 Å². The first-order valence-electron chi connectivity index (χ1n) is 9.40. The predicted molar refractivity (Wildman–Crippen MR) is 104 cm³/mol. The molecule has 0 bridgehead atoms. The predicted octanol–water partition coefficient (Wildman–Crippen LogP) is 3.42. The van der Waals surface area contributed by atoms with Crippen LogP contribution in [0, 0.1) is 0 Å². The Morgan fingerprint density at radius 2 is 1.97 bits per heavy atom. The van der Waals surface area contributed by atoms with Crippen molar-refractivity contribution < 1.29 is 18.8 Å². The van der Waals surface area contributed by atoms with E-state index in [1.54, 1.807) is 24.3 Å². The zero-order chi connectivity index (χ0) is 20.6. The van der Waals surface area contributed by atoms with Gasteiger partial charge in [0.25, 0.3) is 5.89 Å². The van der Waals surface area contributed by atoms with Gasteiger partial charge in [-0.2, -0.15) is 4.98 Å². The van der Waals surface area contributed by atoms with E-state index in [9.17, 15) is 9.59 Å². The molecule has 0 radical (unpaired) electrons. The lowest BCUT2D eigenvalue weighted by atomic mass is 9.85. The monoisotopic (exact) mass is 392 g/mol. The van der Waals surface area contributed by atoms with Gasteiger partial charge in [0.15, 0.2) is 5.78 Å². The molecule has 0 atom stereocenters. The number of carbonyl (C=O) groups excluding carboxylic acids is 2. The molecule has 1 aromatic carbocycles. The van der Waals surface area contributed by atoms with Gasteiger partial charge in [-0.25, -0.2) is 0 Å². The fourth-order valence-corrected chi connectivity index (χ4v) is 3.43. The van der Waals surface area contributed by atoms with Gasteiger partial charge in [0, 0.05) is 23.5 Å². The summed E-state index contributed by atoms with van der Waals surface area (Å²) >= 11 is 0. The van der Waals surface area contributed by atoms with Crippen LogP contribution >= 0.6 is 0 Å². The summed E-state index contributed by atoms with van der Waals surface area (Å²) in [6.45, 7) is 4.05. The Morgan fingerprint density at radius 1 is 1.17 bits per heavy atom. The lowest BCUT2D eigenvalue weighted by molar-refractivity contribution is 0.0350. The molecule has 1 amide bonds. The van der Waals surface area contributed by atoms with Gasteiger partial charge in [-0.15, -0.1) is 0 Å². The molecule has 0 spiro atoms. The molecule has 3 heterocycles. The van der Waals surface area contributed by atoms with Crippen LogP contribution in [0.4, 0.5) is 0 Å². The van der Waals surface area contributed by atoms with Crippen LogP contribution in [0.1, 0.15) is 53.8 Å². The van der Waals surface area contributed by atoms with Crippen molar-refractivity contribution in [3.05, 3.63) is 47.8 Å². The molecule has 0 fully saturated rings. The van der Waals surface area contributed by atoms with E-state index in [2.05, 4.69) is 15.1 Å². The number of benzene rings is 1. The van der Waals surface area contributed by atoms with E-state index < -0.39 is 11.5 Å². The maximum atomic E-state index is 12.7. The Hall–Kier alpha value is -3.55. The first-order valence-corrected chi connectivity index (χ1v) is 9.40. The second-order valence-electron chi connectivity index (χ2n) is 7.05. The highest BCUT2D eigenvalue weighted by atomic mass is 16.5. The van der Waals surface area contributed by atoms with Crippen LogP contribution in [0.25, 0.3) is 22.8 Å². The summed E-state index contributed by atoms with van der Waals surface area (Å²) in [7, 11) is 0. The number of aromatic nitrogens is 3. The van der Waals surface area contributed by atoms with Crippen molar-refractivity contribution in [2.75, 3.05) is 0 Å². The number of nitrogens with two attached hydrogens (primary N) is 1. The summed E-state index contributed by atoms with van der Waals surface area (Å²) < 4.78 is 11.5. The van der Waals surface area contributed by atoms with Crippen LogP contribution in [0.5, 0.6) is 5.75 Å². The van der Waals surface area contributed by atoms with Crippen LogP contribution in [0.2, 0.25) is 0 Å². The molecule has 0 aliphatic carbocycles. The minimum Gasteiger partial charge on any atom is -0.486 e. The third-order valence-electron chi connectivity index (χ3n) is 5.33. The van der Waals surface area contributed by atoms with Gasteiger partial charge in [-0.3, -0.25) is 14.6 Å². The van der Waals surface area contributed by atoms with Crippen molar-refractivity contribution in [1.82, 2.24) is 15.1 Å². The SMILES string of the molecule is CCC1(CC)CC(=O)c2cc(-c3nc(-c4cncc(C(N)=O)c4)no3)ccc2O1. The zero-order valence-electron chi connectivity index (χ0n) is 16.1. The number of ether oxygens (including phenoxy) is 1. The molecule has 1 aliphatic heterocycles. The number of Topliss-reactive ketones (excluding diaryl/α,β-unsaturated/α-hetero) is 1. The van der Waals surface area contributed by atoms with E-state index in [1.807, 2.05) is 13.8 Å². The molecule has 0 saturated carbocycles. The van der Waals surface area contributed by atoms with Gasteiger partial charge in [-0.1, -0.05) is 19.0 Å². The minimum atomic E-state index is -0.591. The maximum absolute atomic E-state index is 12.7. The molecule has 2 aromatic heterocycles. The van der Waals surface area contributed by atoms with Crippen molar-refractivity contribution in [2.24, 2.45) is 5.73 Å². The molecule has 29 heavy (non-hydrogen) atoms. The third kappa shape index (κ3) is 3.37. The number of primary amides is 1. The summed E-state index contributed by atoms with van der Waals surface area (Å²) in [6, 6.07) is 6.80. The van der Waals surface area contributed by atoms with Gasteiger partial charge < -0.3 is 15.0 Å². The molecular formula is C21H20N4O4. The number of hydrogen-bond acceptors (Lipinski definition) is 7. The summed E-state index contributed by atoms with van der Waals surface area (Å²) in [6.07, 6.45) is 4.76. The minimum absolute atomic E-state index is 0.0369. The van der Waals surface area contributed by atoms with Crippen LogP contribution in [-0.2, 0) is 0 Å². The Kier molecular flexibility index (Phi) is 4.62. The molecule has 148 valence electrons. The average molecular weight is 392 g/mol. The lowest BCUT2D eigenvalue weighted by Gasteiger charge is -2.36. The molecule has 4 rings (SSSR count). The largest absolute Gasteiger partial charge is 0.486 e. The third-order valence-corrected chi connectivity index (χ3v) is 5.33. The van der Waals surface area contributed by atoms with E-state index in [4.69, 9.17) is 15.0 Å². The Balaban J connectivity index is 1.66. The average Bonchev–Trinajstić information content (AvgIpc) is 3.24. The molecular weight excluding hydrogens is 372 g/mol. The molecule has 1 aliphatic rings. The number of nitrogens with zero attached hydrogens (tertiary/aromatic N) is 3. The van der Waals surface area contributed by atoms with Crippen LogP contribution in [-0.4, -0.2) is 32.4 Å². The second-order valence-corrected chi connectivity index (χ2v) is 7.05. The number of amides is 1. The molecule has 8 nitrogen and oxygen atoms in total. The van der Waals surface area contributed by atoms with Gasteiger partial charge in [-0.05, 0) is 37.1 Å². The normalized spacial score (nSPS) is 14.9. The van der Waals surface area contributed by atoms with Gasteiger partial charge >= 0.3 is 0 Å². The Morgan fingerprint density at radius 3 is 2.69 bits per heavy atom.